The van der Waals surface area contributed by atoms with E-state index in [0.717, 1.165) is 12.8 Å². The minimum atomic E-state index is -0.543. The first-order valence-corrected chi connectivity index (χ1v) is 6.20. The molecule has 1 heterocycles. The van der Waals surface area contributed by atoms with Gasteiger partial charge in [-0.2, -0.15) is 0 Å². The van der Waals surface area contributed by atoms with Gasteiger partial charge in [0.25, 0.3) is 11.7 Å². The molecule has 0 saturated heterocycles. The van der Waals surface area contributed by atoms with Crippen LogP contribution in [0.5, 0.6) is 0 Å². The Hall–Kier alpha value is -1.71. The van der Waals surface area contributed by atoms with E-state index in [1.165, 1.54) is 23.1 Å². The van der Waals surface area contributed by atoms with Crippen LogP contribution in [0.4, 0.5) is 10.1 Å². The molecule has 0 N–H and O–H groups in total. The van der Waals surface area contributed by atoms with Gasteiger partial charge in [-0.15, -0.1) is 0 Å². The molecule has 1 aromatic rings. The number of ketones is 1. The molecule has 0 fully saturated rings. The number of anilines is 1. The summed E-state index contributed by atoms with van der Waals surface area (Å²) >= 11 is 0. The first kappa shape index (κ1) is 12.7. The number of amides is 1. The summed E-state index contributed by atoms with van der Waals surface area (Å²) in [6.45, 7) is 4.56. The lowest BCUT2D eigenvalue weighted by atomic mass is 10.1. The van der Waals surface area contributed by atoms with Gasteiger partial charge in [0.05, 0.1) is 11.3 Å². The summed E-state index contributed by atoms with van der Waals surface area (Å²) in [6.07, 6.45) is 2.00. The van der Waals surface area contributed by atoms with Crippen molar-refractivity contribution in [1.29, 1.82) is 0 Å². The quantitative estimate of drug-likeness (QED) is 0.769. The molecule has 1 aliphatic rings. The maximum Gasteiger partial charge on any atom is 0.299 e. The summed E-state index contributed by atoms with van der Waals surface area (Å²) in [6, 6.07) is 3.86. The molecule has 3 nitrogen and oxygen atoms in total. The standard InChI is InChI=1S/C14H16FNO2/c1-3-4-9(2)8-16-12-7-10(15)5-6-11(12)13(17)14(16)18/h5-7,9H,3-4,8H2,1-2H3. The number of carbonyl (C=O) groups is 2. The number of carbonyl (C=O) groups excluding carboxylic acids is 2. The average Bonchev–Trinajstić information content (AvgIpc) is 2.55. The zero-order chi connectivity index (χ0) is 13.3. The van der Waals surface area contributed by atoms with Crippen molar-refractivity contribution in [2.75, 3.05) is 11.4 Å². The van der Waals surface area contributed by atoms with Crippen LogP contribution in [0.25, 0.3) is 0 Å². The van der Waals surface area contributed by atoms with Crippen molar-refractivity contribution in [2.24, 2.45) is 5.92 Å². The van der Waals surface area contributed by atoms with Crippen LogP contribution >= 0.6 is 0 Å². The highest BCUT2D eigenvalue weighted by Crippen LogP contribution is 2.30. The van der Waals surface area contributed by atoms with Crippen LogP contribution < -0.4 is 4.90 Å². The third-order valence-electron chi connectivity index (χ3n) is 3.21. The normalized spacial score (nSPS) is 16.1. The molecule has 0 aromatic heterocycles. The maximum atomic E-state index is 13.2. The Balaban J connectivity index is 2.30. The Morgan fingerprint density at radius 3 is 2.72 bits per heavy atom. The van der Waals surface area contributed by atoms with Gasteiger partial charge in [-0.05, 0) is 30.5 Å². The summed E-state index contributed by atoms with van der Waals surface area (Å²) in [5, 5.41) is 0. The fourth-order valence-electron chi connectivity index (χ4n) is 2.34. The van der Waals surface area contributed by atoms with Crippen LogP contribution in [0.1, 0.15) is 37.0 Å². The average molecular weight is 249 g/mol. The number of benzene rings is 1. The third-order valence-corrected chi connectivity index (χ3v) is 3.21. The maximum absolute atomic E-state index is 13.2. The first-order valence-electron chi connectivity index (χ1n) is 6.20. The van der Waals surface area contributed by atoms with E-state index in [-0.39, 0.29) is 0 Å². The summed E-state index contributed by atoms with van der Waals surface area (Å²) in [5.74, 6) is -1.21. The van der Waals surface area contributed by atoms with E-state index in [0.29, 0.717) is 23.7 Å². The zero-order valence-electron chi connectivity index (χ0n) is 10.6. The van der Waals surface area contributed by atoms with Crippen LogP contribution in [0.15, 0.2) is 18.2 Å². The molecule has 1 amide bonds. The monoisotopic (exact) mass is 249 g/mol. The lowest BCUT2D eigenvalue weighted by Crippen LogP contribution is -2.33. The number of fused-ring (bicyclic) bond motifs is 1. The molecule has 0 saturated carbocycles. The molecule has 0 aliphatic carbocycles. The molecule has 0 radical (unpaired) electrons. The number of nitrogens with zero attached hydrogens (tertiary/aromatic N) is 1. The van der Waals surface area contributed by atoms with Crippen molar-refractivity contribution in [3.63, 3.8) is 0 Å². The zero-order valence-corrected chi connectivity index (χ0v) is 10.6. The van der Waals surface area contributed by atoms with Gasteiger partial charge in [0.15, 0.2) is 0 Å². The Morgan fingerprint density at radius 2 is 2.06 bits per heavy atom. The summed E-state index contributed by atoms with van der Waals surface area (Å²) in [4.78, 5) is 25.0. The van der Waals surface area contributed by atoms with Crippen LogP contribution in [0, 0.1) is 11.7 Å². The van der Waals surface area contributed by atoms with Crippen molar-refractivity contribution >= 4 is 17.4 Å². The fourth-order valence-corrected chi connectivity index (χ4v) is 2.34. The van der Waals surface area contributed by atoms with E-state index in [1.807, 2.05) is 6.92 Å². The largest absolute Gasteiger partial charge is 0.304 e. The van der Waals surface area contributed by atoms with Gasteiger partial charge >= 0.3 is 0 Å². The number of hydrogen-bond donors (Lipinski definition) is 0. The van der Waals surface area contributed by atoms with Crippen LogP contribution in [-0.2, 0) is 4.79 Å². The predicted molar refractivity (Wildman–Crippen MR) is 67.2 cm³/mol. The smallest absolute Gasteiger partial charge is 0.299 e. The third kappa shape index (κ3) is 2.15. The van der Waals surface area contributed by atoms with Gasteiger partial charge in [-0.25, -0.2) is 4.39 Å². The first-order chi connectivity index (χ1) is 8.54. The molecule has 4 heteroatoms. The van der Waals surface area contributed by atoms with Crippen molar-refractivity contribution in [1.82, 2.24) is 0 Å². The molecule has 1 unspecified atom stereocenters. The lowest BCUT2D eigenvalue weighted by Gasteiger charge is -2.20. The molecule has 1 atom stereocenters. The second-order valence-electron chi connectivity index (χ2n) is 4.80. The Morgan fingerprint density at radius 1 is 1.33 bits per heavy atom. The van der Waals surface area contributed by atoms with Gasteiger partial charge < -0.3 is 4.90 Å². The minimum Gasteiger partial charge on any atom is -0.304 e. The fraction of sp³-hybridized carbons (Fsp3) is 0.429. The molecule has 1 aliphatic heterocycles. The lowest BCUT2D eigenvalue weighted by molar-refractivity contribution is -0.114. The number of hydrogen-bond acceptors (Lipinski definition) is 2. The molecular formula is C14H16FNO2. The van der Waals surface area contributed by atoms with Crippen LogP contribution in [0.2, 0.25) is 0 Å². The predicted octanol–water partition coefficient (Wildman–Crippen LogP) is 2.79. The van der Waals surface area contributed by atoms with Gasteiger partial charge in [-0.3, -0.25) is 9.59 Å². The van der Waals surface area contributed by atoms with E-state index in [1.54, 1.807) is 0 Å². The van der Waals surface area contributed by atoms with Gasteiger partial charge in [-0.1, -0.05) is 20.3 Å². The van der Waals surface area contributed by atoms with Crippen molar-refractivity contribution < 1.29 is 14.0 Å². The Labute approximate surface area is 106 Å². The van der Waals surface area contributed by atoms with Crippen molar-refractivity contribution in [3.05, 3.63) is 29.6 Å². The summed E-state index contributed by atoms with van der Waals surface area (Å²) < 4.78 is 13.2. The summed E-state index contributed by atoms with van der Waals surface area (Å²) in [5.41, 5.74) is 0.720. The Bertz CT molecular complexity index is 499. The van der Waals surface area contributed by atoms with E-state index in [2.05, 4.69) is 6.92 Å². The van der Waals surface area contributed by atoms with Gasteiger partial charge in [0, 0.05) is 6.54 Å². The van der Waals surface area contributed by atoms with E-state index >= 15 is 0 Å². The minimum absolute atomic E-state index is 0.293. The van der Waals surface area contributed by atoms with E-state index in [4.69, 9.17) is 0 Å². The molecule has 18 heavy (non-hydrogen) atoms. The second kappa shape index (κ2) is 4.88. The molecular weight excluding hydrogens is 233 g/mol. The highest BCUT2D eigenvalue weighted by Gasteiger charge is 2.36. The van der Waals surface area contributed by atoms with Gasteiger partial charge in [0.1, 0.15) is 5.82 Å². The second-order valence-corrected chi connectivity index (χ2v) is 4.80. The highest BCUT2D eigenvalue weighted by molar-refractivity contribution is 6.52. The van der Waals surface area contributed by atoms with Gasteiger partial charge in [0.2, 0.25) is 0 Å². The van der Waals surface area contributed by atoms with Crippen molar-refractivity contribution in [2.45, 2.75) is 26.7 Å². The topological polar surface area (TPSA) is 37.4 Å². The van der Waals surface area contributed by atoms with Crippen LogP contribution in [0.3, 0.4) is 0 Å². The summed E-state index contributed by atoms with van der Waals surface area (Å²) in [7, 11) is 0. The molecule has 0 bridgehead atoms. The van der Waals surface area contributed by atoms with E-state index in [9.17, 15) is 14.0 Å². The number of rotatable bonds is 4. The highest BCUT2D eigenvalue weighted by atomic mass is 19.1. The molecule has 2 rings (SSSR count). The number of halogens is 1. The van der Waals surface area contributed by atoms with Crippen molar-refractivity contribution in [3.8, 4) is 0 Å². The molecule has 96 valence electrons. The number of Topliss-reactive ketones (excluding diaryl/α,β-unsaturated/α-hetero) is 1. The SMILES string of the molecule is CCCC(C)CN1C(=O)C(=O)c2ccc(F)cc21. The molecule has 0 spiro atoms. The van der Waals surface area contributed by atoms with E-state index < -0.39 is 17.5 Å². The van der Waals surface area contributed by atoms with Crippen LogP contribution in [-0.4, -0.2) is 18.2 Å². The molecule has 1 aromatic carbocycles. The Kier molecular flexibility index (Phi) is 3.45.